The SMILES string of the molecule is OCCN(Cc1cccc(F)c1Br)C1CCC1. The first-order valence-corrected chi connectivity index (χ1v) is 6.79. The minimum absolute atomic E-state index is 0.156. The lowest BCUT2D eigenvalue weighted by Crippen LogP contribution is -2.41. The molecule has 0 atom stereocenters. The second kappa shape index (κ2) is 5.94. The Balaban J connectivity index is 2.08. The highest BCUT2D eigenvalue weighted by Crippen LogP contribution is 2.28. The molecular weight excluding hydrogens is 285 g/mol. The van der Waals surface area contributed by atoms with E-state index in [1.165, 1.54) is 25.3 Å². The summed E-state index contributed by atoms with van der Waals surface area (Å²) in [7, 11) is 0. The van der Waals surface area contributed by atoms with Gasteiger partial charge in [0, 0.05) is 19.1 Å². The van der Waals surface area contributed by atoms with Gasteiger partial charge in [0.15, 0.2) is 0 Å². The molecule has 0 radical (unpaired) electrons. The molecule has 2 rings (SSSR count). The molecule has 1 aliphatic rings. The zero-order valence-corrected chi connectivity index (χ0v) is 11.3. The highest BCUT2D eigenvalue weighted by atomic mass is 79.9. The van der Waals surface area contributed by atoms with E-state index in [4.69, 9.17) is 5.11 Å². The van der Waals surface area contributed by atoms with E-state index in [0.717, 1.165) is 5.56 Å². The molecule has 1 saturated carbocycles. The number of rotatable bonds is 5. The standard InChI is InChI=1S/C13H17BrFNO/c14-13-10(3-1-6-12(13)15)9-16(7-8-17)11-4-2-5-11/h1,3,6,11,17H,2,4-5,7-9H2. The van der Waals surface area contributed by atoms with E-state index in [9.17, 15) is 4.39 Å². The summed E-state index contributed by atoms with van der Waals surface area (Å²) >= 11 is 3.28. The molecule has 0 aliphatic heterocycles. The zero-order valence-electron chi connectivity index (χ0n) is 9.70. The quantitative estimate of drug-likeness (QED) is 0.904. The van der Waals surface area contributed by atoms with E-state index in [0.29, 0.717) is 23.6 Å². The molecule has 1 fully saturated rings. The molecule has 94 valence electrons. The Labute approximate surface area is 110 Å². The van der Waals surface area contributed by atoms with Gasteiger partial charge < -0.3 is 5.11 Å². The third-order valence-corrected chi connectivity index (χ3v) is 4.27. The van der Waals surface area contributed by atoms with Crippen molar-refractivity contribution in [2.24, 2.45) is 0 Å². The van der Waals surface area contributed by atoms with Crippen LogP contribution in [0, 0.1) is 5.82 Å². The maximum atomic E-state index is 13.4. The molecule has 0 amide bonds. The number of hydrogen-bond donors (Lipinski definition) is 1. The summed E-state index contributed by atoms with van der Waals surface area (Å²) in [4.78, 5) is 2.24. The molecule has 0 unspecified atom stereocenters. The molecule has 0 heterocycles. The fourth-order valence-electron chi connectivity index (χ4n) is 2.16. The molecule has 1 aliphatic carbocycles. The van der Waals surface area contributed by atoms with Crippen LogP contribution < -0.4 is 0 Å². The molecule has 17 heavy (non-hydrogen) atoms. The Morgan fingerprint density at radius 1 is 1.41 bits per heavy atom. The van der Waals surface area contributed by atoms with Gasteiger partial charge in [0.25, 0.3) is 0 Å². The third kappa shape index (κ3) is 3.06. The van der Waals surface area contributed by atoms with Gasteiger partial charge in [-0.2, -0.15) is 0 Å². The molecule has 2 nitrogen and oxygen atoms in total. The summed E-state index contributed by atoms with van der Waals surface area (Å²) in [5.74, 6) is -0.222. The fraction of sp³-hybridized carbons (Fsp3) is 0.538. The van der Waals surface area contributed by atoms with Gasteiger partial charge in [-0.1, -0.05) is 18.6 Å². The topological polar surface area (TPSA) is 23.5 Å². The molecule has 0 saturated heterocycles. The minimum atomic E-state index is -0.222. The van der Waals surface area contributed by atoms with Crippen molar-refractivity contribution < 1.29 is 9.50 Å². The Hall–Kier alpha value is -0.450. The van der Waals surface area contributed by atoms with Crippen molar-refractivity contribution in [2.45, 2.75) is 31.8 Å². The van der Waals surface area contributed by atoms with Gasteiger partial charge in [0.1, 0.15) is 5.82 Å². The van der Waals surface area contributed by atoms with Crippen LogP contribution in [0.3, 0.4) is 0 Å². The Morgan fingerprint density at radius 2 is 2.18 bits per heavy atom. The summed E-state index contributed by atoms with van der Waals surface area (Å²) < 4.78 is 13.9. The average molecular weight is 302 g/mol. The highest BCUT2D eigenvalue weighted by Gasteiger charge is 2.25. The van der Waals surface area contributed by atoms with Gasteiger partial charge in [-0.3, -0.25) is 4.90 Å². The summed E-state index contributed by atoms with van der Waals surface area (Å²) in [6, 6.07) is 5.66. The van der Waals surface area contributed by atoms with E-state index in [1.54, 1.807) is 6.07 Å². The first-order valence-electron chi connectivity index (χ1n) is 6.00. The van der Waals surface area contributed by atoms with Crippen LogP contribution in [0.15, 0.2) is 22.7 Å². The van der Waals surface area contributed by atoms with Crippen LogP contribution in [-0.4, -0.2) is 29.2 Å². The van der Waals surface area contributed by atoms with Crippen LogP contribution in [0.4, 0.5) is 4.39 Å². The van der Waals surface area contributed by atoms with Crippen molar-refractivity contribution in [2.75, 3.05) is 13.2 Å². The summed E-state index contributed by atoms with van der Waals surface area (Å²) in [5, 5.41) is 9.08. The van der Waals surface area contributed by atoms with Crippen molar-refractivity contribution in [3.05, 3.63) is 34.1 Å². The van der Waals surface area contributed by atoms with Crippen molar-refractivity contribution in [3.63, 3.8) is 0 Å². The van der Waals surface area contributed by atoms with Crippen molar-refractivity contribution in [3.8, 4) is 0 Å². The number of hydrogen-bond acceptors (Lipinski definition) is 2. The van der Waals surface area contributed by atoms with Crippen molar-refractivity contribution >= 4 is 15.9 Å². The van der Waals surface area contributed by atoms with E-state index in [1.807, 2.05) is 6.07 Å². The minimum Gasteiger partial charge on any atom is -0.395 e. The summed E-state index contributed by atoms with van der Waals surface area (Å²) in [6.45, 7) is 1.51. The third-order valence-electron chi connectivity index (χ3n) is 3.38. The van der Waals surface area contributed by atoms with Crippen LogP contribution >= 0.6 is 15.9 Å². The Bertz CT molecular complexity index is 382. The monoisotopic (exact) mass is 301 g/mol. The predicted octanol–water partition coefficient (Wildman–Crippen LogP) is 2.94. The number of benzene rings is 1. The summed E-state index contributed by atoms with van der Waals surface area (Å²) in [5.41, 5.74) is 0.949. The van der Waals surface area contributed by atoms with Gasteiger partial charge in [-0.15, -0.1) is 0 Å². The largest absolute Gasteiger partial charge is 0.395 e. The fourth-order valence-corrected chi connectivity index (χ4v) is 2.55. The predicted molar refractivity (Wildman–Crippen MR) is 69.2 cm³/mol. The van der Waals surface area contributed by atoms with Crippen LogP contribution in [-0.2, 0) is 6.54 Å². The number of aliphatic hydroxyl groups excluding tert-OH is 1. The smallest absolute Gasteiger partial charge is 0.137 e. The van der Waals surface area contributed by atoms with Crippen LogP contribution in [0.25, 0.3) is 0 Å². The van der Waals surface area contributed by atoms with E-state index >= 15 is 0 Å². The Kier molecular flexibility index (Phi) is 4.54. The average Bonchev–Trinajstić information content (AvgIpc) is 2.22. The maximum Gasteiger partial charge on any atom is 0.137 e. The molecule has 4 heteroatoms. The zero-order chi connectivity index (χ0) is 12.3. The van der Waals surface area contributed by atoms with Crippen molar-refractivity contribution in [1.29, 1.82) is 0 Å². The molecule has 0 bridgehead atoms. The van der Waals surface area contributed by atoms with E-state index in [-0.39, 0.29) is 12.4 Å². The normalized spacial score (nSPS) is 16.2. The van der Waals surface area contributed by atoms with Crippen molar-refractivity contribution in [1.82, 2.24) is 4.90 Å². The lowest BCUT2D eigenvalue weighted by Gasteiger charge is -2.37. The first kappa shape index (κ1) is 13.0. The highest BCUT2D eigenvalue weighted by molar-refractivity contribution is 9.10. The molecule has 0 aromatic heterocycles. The summed E-state index contributed by atoms with van der Waals surface area (Å²) in [6.07, 6.45) is 3.64. The van der Waals surface area contributed by atoms with Gasteiger partial charge >= 0.3 is 0 Å². The second-order valence-corrected chi connectivity index (χ2v) is 5.28. The maximum absolute atomic E-state index is 13.4. The van der Waals surface area contributed by atoms with Gasteiger partial charge in [0.05, 0.1) is 11.1 Å². The molecular formula is C13H17BrFNO. The van der Waals surface area contributed by atoms with E-state index < -0.39 is 0 Å². The Morgan fingerprint density at radius 3 is 2.76 bits per heavy atom. The number of halogens is 2. The molecule has 1 aromatic carbocycles. The first-order chi connectivity index (χ1) is 8.22. The molecule has 1 N–H and O–H groups in total. The van der Waals surface area contributed by atoms with Crippen LogP contribution in [0.1, 0.15) is 24.8 Å². The number of nitrogens with zero attached hydrogens (tertiary/aromatic N) is 1. The second-order valence-electron chi connectivity index (χ2n) is 4.49. The van der Waals surface area contributed by atoms with Gasteiger partial charge in [-0.05, 0) is 40.4 Å². The number of aliphatic hydroxyl groups is 1. The van der Waals surface area contributed by atoms with Crippen LogP contribution in [0.2, 0.25) is 0 Å². The van der Waals surface area contributed by atoms with Gasteiger partial charge in [-0.25, -0.2) is 4.39 Å². The lowest BCUT2D eigenvalue weighted by atomic mass is 9.91. The molecule has 0 spiro atoms. The van der Waals surface area contributed by atoms with E-state index in [2.05, 4.69) is 20.8 Å². The van der Waals surface area contributed by atoms with Gasteiger partial charge in [0.2, 0.25) is 0 Å². The van der Waals surface area contributed by atoms with Crippen LogP contribution in [0.5, 0.6) is 0 Å². The lowest BCUT2D eigenvalue weighted by molar-refractivity contribution is 0.0942. The molecule has 1 aromatic rings.